The van der Waals surface area contributed by atoms with E-state index < -0.39 is 8.07 Å². The number of benzene rings is 1. The lowest BCUT2D eigenvalue weighted by Gasteiger charge is -2.21. The van der Waals surface area contributed by atoms with Crippen molar-refractivity contribution in [2.45, 2.75) is 26.6 Å². The fourth-order valence-electron chi connectivity index (χ4n) is 2.05. The van der Waals surface area contributed by atoms with E-state index in [9.17, 15) is 0 Å². The van der Waals surface area contributed by atoms with Crippen LogP contribution in [0, 0.1) is 6.92 Å². The van der Waals surface area contributed by atoms with E-state index in [1.165, 1.54) is 10.8 Å². The molecule has 0 bridgehead atoms. The molecule has 0 aliphatic rings. The van der Waals surface area contributed by atoms with E-state index in [1.807, 2.05) is 12.3 Å². The van der Waals surface area contributed by atoms with Gasteiger partial charge < -0.3 is 0 Å². The zero-order chi connectivity index (χ0) is 13.3. The Bertz CT molecular complexity index is 559. The minimum absolute atomic E-state index is 0.896. The minimum Gasteiger partial charge on any atom is -0.264 e. The van der Waals surface area contributed by atoms with Crippen LogP contribution in [-0.2, 0) is 0 Å². The summed E-state index contributed by atoms with van der Waals surface area (Å²) >= 11 is 6.61. The van der Waals surface area contributed by atoms with Gasteiger partial charge in [-0.15, -0.1) is 0 Å². The van der Waals surface area contributed by atoms with E-state index in [4.69, 9.17) is 11.6 Å². The van der Waals surface area contributed by atoms with Gasteiger partial charge in [0.05, 0.1) is 8.07 Å². The first-order valence-corrected chi connectivity index (χ1v) is 9.98. The number of hydrogen-bond donors (Lipinski definition) is 0. The van der Waals surface area contributed by atoms with E-state index >= 15 is 0 Å². The fraction of sp³-hybridized carbons (Fsp3) is 0.267. The molecule has 0 saturated heterocycles. The Morgan fingerprint density at radius 2 is 1.89 bits per heavy atom. The van der Waals surface area contributed by atoms with Gasteiger partial charge in [0.1, 0.15) is 0 Å². The lowest BCUT2D eigenvalue weighted by molar-refractivity contribution is 1.33. The van der Waals surface area contributed by atoms with Crippen molar-refractivity contribution in [3.8, 4) is 11.1 Å². The first-order valence-electron chi connectivity index (χ1n) is 6.10. The average molecular weight is 276 g/mol. The summed E-state index contributed by atoms with van der Waals surface area (Å²) in [6.07, 6.45) is 3.65. The molecule has 0 spiro atoms. The maximum Gasteiger partial charge on any atom is 0.0795 e. The van der Waals surface area contributed by atoms with Crippen molar-refractivity contribution in [1.82, 2.24) is 4.98 Å². The highest BCUT2D eigenvalue weighted by molar-refractivity contribution is 6.90. The Hall–Kier alpha value is -1.12. The summed E-state index contributed by atoms with van der Waals surface area (Å²) < 4.78 is 0. The molecule has 18 heavy (non-hydrogen) atoms. The van der Waals surface area contributed by atoms with Crippen molar-refractivity contribution in [2.24, 2.45) is 0 Å². The highest BCUT2D eigenvalue weighted by atomic mass is 35.5. The zero-order valence-corrected chi connectivity index (χ0v) is 13.0. The van der Waals surface area contributed by atoms with Crippen molar-refractivity contribution in [1.29, 1.82) is 0 Å². The monoisotopic (exact) mass is 275 g/mol. The molecule has 0 radical (unpaired) electrons. The number of pyridine rings is 1. The largest absolute Gasteiger partial charge is 0.264 e. The van der Waals surface area contributed by atoms with Crippen LogP contribution in [0.15, 0.2) is 36.7 Å². The Kier molecular flexibility index (Phi) is 3.60. The number of hydrogen-bond acceptors (Lipinski definition) is 1. The van der Waals surface area contributed by atoms with Crippen molar-refractivity contribution in [2.75, 3.05) is 0 Å². The van der Waals surface area contributed by atoms with E-state index in [0.29, 0.717) is 0 Å². The van der Waals surface area contributed by atoms with Crippen LogP contribution in [0.5, 0.6) is 0 Å². The minimum atomic E-state index is -1.43. The molecule has 0 amide bonds. The average Bonchev–Trinajstić information content (AvgIpc) is 2.31. The second kappa shape index (κ2) is 4.86. The number of nitrogens with zero attached hydrogens (tertiary/aromatic N) is 1. The molecule has 1 heterocycles. The molecule has 0 unspecified atom stereocenters. The summed E-state index contributed by atoms with van der Waals surface area (Å²) in [6, 6.07) is 8.38. The van der Waals surface area contributed by atoms with Gasteiger partial charge in [-0.2, -0.15) is 0 Å². The molecule has 1 aromatic carbocycles. The SMILES string of the molecule is Cc1cc(-c2cccnc2)c(Cl)c([Si](C)(C)C)c1. The molecule has 0 saturated carbocycles. The molecule has 2 aromatic rings. The topological polar surface area (TPSA) is 12.9 Å². The first kappa shape index (κ1) is 13.3. The summed E-state index contributed by atoms with van der Waals surface area (Å²) in [5.74, 6) is 0. The Morgan fingerprint density at radius 3 is 2.44 bits per heavy atom. The smallest absolute Gasteiger partial charge is 0.0795 e. The number of halogens is 1. The van der Waals surface area contributed by atoms with E-state index in [-0.39, 0.29) is 0 Å². The van der Waals surface area contributed by atoms with Gasteiger partial charge in [-0.25, -0.2) is 0 Å². The summed E-state index contributed by atoms with van der Waals surface area (Å²) in [4.78, 5) is 4.18. The predicted molar refractivity (Wildman–Crippen MR) is 82.4 cm³/mol. The second-order valence-corrected chi connectivity index (χ2v) is 11.1. The quantitative estimate of drug-likeness (QED) is 0.747. The molecule has 1 nitrogen and oxygen atoms in total. The van der Waals surface area contributed by atoms with Gasteiger partial charge in [0.15, 0.2) is 0 Å². The highest BCUT2D eigenvalue weighted by Gasteiger charge is 2.22. The Labute approximate surface area is 115 Å². The first-order chi connectivity index (χ1) is 8.39. The molecule has 1 aromatic heterocycles. The maximum atomic E-state index is 6.61. The van der Waals surface area contributed by atoms with Crippen LogP contribution in [-0.4, -0.2) is 13.1 Å². The maximum absolute atomic E-state index is 6.61. The predicted octanol–water partition coefficient (Wildman–Crippen LogP) is 4.26. The third-order valence-corrected chi connectivity index (χ3v) is 5.57. The van der Waals surface area contributed by atoms with Gasteiger partial charge in [-0.05, 0) is 24.2 Å². The van der Waals surface area contributed by atoms with E-state index in [2.05, 4.69) is 49.7 Å². The van der Waals surface area contributed by atoms with Crippen molar-refractivity contribution in [3.63, 3.8) is 0 Å². The number of rotatable bonds is 2. The summed E-state index contributed by atoms with van der Waals surface area (Å²) in [6.45, 7) is 9.09. The van der Waals surface area contributed by atoms with Crippen LogP contribution in [0.3, 0.4) is 0 Å². The molecule has 0 atom stereocenters. The van der Waals surface area contributed by atoms with Gasteiger partial charge in [-0.1, -0.05) is 48.9 Å². The van der Waals surface area contributed by atoms with Gasteiger partial charge in [0, 0.05) is 28.5 Å². The summed E-state index contributed by atoms with van der Waals surface area (Å²) in [5.41, 5.74) is 3.45. The third-order valence-electron chi connectivity index (χ3n) is 3.00. The molecule has 0 N–H and O–H groups in total. The second-order valence-electron chi connectivity index (χ2n) is 5.67. The van der Waals surface area contributed by atoms with Crippen molar-refractivity contribution in [3.05, 3.63) is 47.2 Å². The molecule has 0 aliphatic heterocycles. The van der Waals surface area contributed by atoms with E-state index in [1.54, 1.807) is 6.20 Å². The summed E-state index contributed by atoms with van der Waals surface area (Å²) in [7, 11) is -1.43. The molecular weight excluding hydrogens is 258 g/mol. The molecular formula is C15H18ClNSi. The normalized spacial score (nSPS) is 11.6. The Balaban J connectivity index is 2.67. The number of aromatic nitrogens is 1. The highest BCUT2D eigenvalue weighted by Crippen LogP contribution is 2.28. The van der Waals surface area contributed by atoms with Crippen LogP contribution in [0.2, 0.25) is 24.7 Å². The molecule has 0 aliphatic carbocycles. The van der Waals surface area contributed by atoms with Gasteiger partial charge in [-0.3, -0.25) is 4.98 Å². The van der Waals surface area contributed by atoms with Crippen LogP contribution in [0.1, 0.15) is 5.56 Å². The lowest BCUT2D eigenvalue weighted by atomic mass is 10.1. The van der Waals surface area contributed by atoms with Gasteiger partial charge in [0.2, 0.25) is 0 Å². The van der Waals surface area contributed by atoms with Crippen LogP contribution in [0.25, 0.3) is 11.1 Å². The van der Waals surface area contributed by atoms with Crippen LogP contribution in [0.4, 0.5) is 0 Å². The van der Waals surface area contributed by atoms with Gasteiger partial charge in [0.25, 0.3) is 0 Å². The third kappa shape index (κ3) is 2.65. The molecule has 2 rings (SSSR count). The van der Waals surface area contributed by atoms with Gasteiger partial charge >= 0.3 is 0 Å². The van der Waals surface area contributed by atoms with Crippen molar-refractivity contribution < 1.29 is 0 Å². The lowest BCUT2D eigenvalue weighted by Crippen LogP contribution is -2.38. The van der Waals surface area contributed by atoms with Crippen LogP contribution < -0.4 is 5.19 Å². The standard InChI is InChI=1S/C15H18ClNSi/c1-11-8-13(12-6-5-7-17-10-12)15(16)14(9-11)18(2,3)4/h5-10H,1-4H3. The van der Waals surface area contributed by atoms with Crippen molar-refractivity contribution >= 4 is 24.9 Å². The van der Waals surface area contributed by atoms with E-state index in [0.717, 1.165) is 16.1 Å². The molecule has 0 fully saturated rings. The summed E-state index contributed by atoms with van der Waals surface area (Å²) in [5, 5.41) is 2.22. The molecule has 94 valence electrons. The van der Waals surface area contributed by atoms with Crippen LogP contribution >= 0.6 is 11.6 Å². The fourth-order valence-corrected chi connectivity index (χ4v) is 4.57. The Morgan fingerprint density at radius 1 is 1.17 bits per heavy atom. The number of aryl methyl sites for hydroxylation is 1. The molecule has 3 heteroatoms. The zero-order valence-electron chi connectivity index (χ0n) is 11.3.